The Morgan fingerprint density at radius 3 is 2.80 bits per heavy atom. The van der Waals surface area contributed by atoms with Gasteiger partial charge in [0.05, 0.1) is 12.2 Å². The van der Waals surface area contributed by atoms with Crippen LogP contribution in [-0.4, -0.2) is 43.2 Å². The fourth-order valence-corrected chi connectivity index (χ4v) is 3.89. The number of hydrogen-bond donors (Lipinski definition) is 0. The molecule has 2 aliphatic rings. The molecule has 2 aliphatic heterocycles. The van der Waals surface area contributed by atoms with E-state index in [2.05, 4.69) is 10.1 Å². The van der Waals surface area contributed by atoms with Gasteiger partial charge in [-0.2, -0.15) is 5.10 Å². The Morgan fingerprint density at radius 2 is 2.04 bits per heavy atom. The standard InChI is InChI=1S/C17H20ClN5O2/c18-14-7-3-5-12(19-14)11-22-17(25)23-13(6-4-8-15(23)20-22)16(24)21-9-1-2-10-21/h3,5,7,13H,1-2,4,6,8-11H2. The van der Waals surface area contributed by atoms with Gasteiger partial charge in [-0.1, -0.05) is 17.7 Å². The molecule has 0 bridgehead atoms. The molecular weight excluding hydrogens is 342 g/mol. The van der Waals surface area contributed by atoms with Crippen LogP contribution < -0.4 is 5.69 Å². The second-order valence-electron chi connectivity index (χ2n) is 6.62. The number of aryl methyl sites for hydroxylation is 1. The predicted octanol–water partition coefficient (Wildman–Crippen LogP) is 1.64. The molecule has 8 heteroatoms. The van der Waals surface area contributed by atoms with Crippen LogP contribution in [0, 0.1) is 0 Å². The minimum absolute atomic E-state index is 0.0565. The summed E-state index contributed by atoms with van der Waals surface area (Å²) in [7, 11) is 0. The highest BCUT2D eigenvalue weighted by Crippen LogP contribution is 2.25. The molecule has 0 N–H and O–H groups in total. The van der Waals surface area contributed by atoms with E-state index in [1.165, 1.54) is 4.68 Å². The molecule has 1 amide bonds. The number of carbonyl (C=O) groups excluding carboxylic acids is 1. The fourth-order valence-electron chi connectivity index (χ4n) is 3.71. The molecule has 0 saturated carbocycles. The Balaban J connectivity index is 1.65. The third kappa shape index (κ3) is 3.08. The van der Waals surface area contributed by atoms with Crippen molar-refractivity contribution in [3.8, 4) is 0 Å². The van der Waals surface area contributed by atoms with Crippen molar-refractivity contribution in [2.75, 3.05) is 13.1 Å². The van der Waals surface area contributed by atoms with Crippen LogP contribution in [0.3, 0.4) is 0 Å². The largest absolute Gasteiger partial charge is 0.347 e. The first-order chi connectivity index (χ1) is 12.1. The van der Waals surface area contributed by atoms with Crippen LogP contribution in [0.2, 0.25) is 5.15 Å². The highest BCUT2D eigenvalue weighted by Gasteiger charge is 2.34. The van der Waals surface area contributed by atoms with Crippen molar-refractivity contribution < 1.29 is 4.79 Å². The van der Waals surface area contributed by atoms with Crippen LogP contribution in [0.25, 0.3) is 0 Å². The molecule has 2 aromatic rings. The quantitative estimate of drug-likeness (QED) is 0.779. The van der Waals surface area contributed by atoms with Gasteiger partial charge in [0.1, 0.15) is 17.0 Å². The van der Waals surface area contributed by atoms with Crippen molar-refractivity contribution in [2.45, 2.75) is 44.7 Å². The molecule has 0 spiro atoms. The van der Waals surface area contributed by atoms with E-state index in [1.807, 2.05) is 11.0 Å². The third-order valence-corrected chi connectivity index (χ3v) is 5.13. The lowest BCUT2D eigenvalue weighted by molar-refractivity contribution is -0.134. The summed E-state index contributed by atoms with van der Waals surface area (Å²) in [5.74, 6) is 0.747. The number of rotatable bonds is 3. The first-order valence-corrected chi connectivity index (χ1v) is 9.10. The lowest BCUT2D eigenvalue weighted by atomic mass is 10.0. The minimum Gasteiger partial charge on any atom is -0.341 e. The average molecular weight is 362 g/mol. The number of halogens is 1. The molecule has 1 fully saturated rings. The van der Waals surface area contributed by atoms with Crippen LogP contribution in [-0.2, 0) is 17.8 Å². The van der Waals surface area contributed by atoms with Crippen LogP contribution in [0.4, 0.5) is 0 Å². The Morgan fingerprint density at radius 1 is 1.24 bits per heavy atom. The van der Waals surface area contributed by atoms with E-state index in [0.29, 0.717) is 23.1 Å². The Labute approximate surface area is 150 Å². The molecule has 1 saturated heterocycles. The monoisotopic (exact) mass is 361 g/mol. The summed E-state index contributed by atoms with van der Waals surface area (Å²) >= 11 is 5.92. The maximum absolute atomic E-state index is 12.9. The lowest BCUT2D eigenvalue weighted by Crippen LogP contribution is -2.41. The Kier molecular flexibility index (Phi) is 4.33. The number of carbonyl (C=O) groups is 1. The number of hydrogen-bond acceptors (Lipinski definition) is 4. The van der Waals surface area contributed by atoms with Gasteiger partial charge in [-0.25, -0.2) is 14.5 Å². The molecule has 7 nitrogen and oxygen atoms in total. The molecular formula is C17H20ClN5O2. The smallest absolute Gasteiger partial charge is 0.341 e. The highest BCUT2D eigenvalue weighted by molar-refractivity contribution is 6.29. The van der Waals surface area contributed by atoms with E-state index in [9.17, 15) is 9.59 Å². The van der Waals surface area contributed by atoms with Gasteiger partial charge in [0, 0.05) is 19.5 Å². The minimum atomic E-state index is -0.421. The summed E-state index contributed by atoms with van der Waals surface area (Å²) in [6.07, 6.45) is 4.37. The number of fused-ring (bicyclic) bond motifs is 1. The normalized spacial score (nSPS) is 19.9. The topological polar surface area (TPSA) is 73.0 Å². The molecule has 25 heavy (non-hydrogen) atoms. The number of amides is 1. The van der Waals surface area contributed by atoms with Crippen molar-refractivity contribution in [3.05, 3.63) is 45.4 Å². The summed E-state index contributed by atoms with van der Waals surface area (Å²) in [5, 5.41) is 4.83. The molecule has 2 aromatic heterocycles. The molecule has 0 aromatic carbocycles. The van der Waals surface area contributed by atoms with E-state index in [0.717, 1.165) is 38.8 Å². The van der Waals surface area contributed by atoms with Crippen molar-refractivity contribution in [1.82, 2.24) is 24.2 Å². The zero-order chi connectivity index (χ0) is 17.4. The maximum atomic E-state index is 12.9. The summed E-state index contributed by atoms with van der Waals surface area (Å²) in [6, 6.07) is 4.88. The molecule has 0 aliphatic carbocycles. The second kappa shape index (κ2) is 6.63. The van der Waals surface area contributed by atoms with E-state index in [-0.39, 0.29) is 18.1 Å². The lowest BCUT2D eigenvalue weighted by Gasteiger charge is -2.27. The van der Waals surface area contributed by atoms with Crippen molar-refractivity contribution in [1.29, 1.82) is 0 Å². The van der Waals surface area contributed by atoms with Crippen molar-refractivity contribution >= 4 is 17.5 Å². The van der Waals surface area contributed by atoms with Crippen LogP contribution in [0.15, 0.2) is 23.0 Å². The first-order valence-electron chi connectivity index (χ1n) is 8.72. The number of aromatic nitrogens is 4. The molecule has 132 valence electrons. The maximum Gasteiger partial charge on any atom is 0.347 e. The summed E-state index contributed by atoms with van der Waals surface area (Å²) in [6.45, 7) is 1.84. The Bertz CT molecular complexity index is 853. The molecule has 0 radical (unpaired) electrons. The van der Waals surface area contributed by atoms with Gasteiger partial charge in [-0.05, 0) is 37.8 Å². The molecule has 4 heterocycles. The summed E-state index contributed by atoms with van der Waals surface area (Å²) in [5.41, 5.74) is 0.432. The number of pyridine rings is 1. The fraction of sp³-hybridized carbons (Fsp3) is 0.529. The summed E-state index contributed by atoms with van der Waals surface area (Å²) < 4.78 is 2.98. The van der Waals surface area contributed by atoms with Gasteiger partial charge in [-0.15, -0.1) is 0 Å². The molecule has 4 rings (SSSR count). The van der Waals surface area contributed by atoms with Gasteiger partial charge in [0.15, 0.2) is 0 Å². The van der Waals surface area contributed by atoms with Crippen LogP contribution in [0.1, 0.15) is 43.2 Å². The third-order valence-electron chi connectivity index (χ3n) is 4.92. The summed E-state index contributed by atoms with van der Waals surface area (Å²) in [4.78, 5) is 31.8. The zero-order valence-corrected chi connectivity index (χ0v) is 14.7. The van der Waals surface area contributed by atoms with E-state index < -0.39 is 6.04 Å². The number of nitrogens with zero attached hydrogens (tertiary/aromatic N) is 5. The zero-order valence-electron chi connectivity index (χ0n) is 13.9. The van der Waals surface area contributed by atoms with Gasteiger partial charge in [0.25, 0.3) is 0 Å². The van der Waals surface area contributed by atoms with Gasteiger partial charge < -0.3 is 4.90 Å². The van der Waals surface area contributed by atoms with E-state index in [1.54, 1.807) is 16.7 Å². The van der Waals surface area contributed by atoms with E-state index in [4.69, 9.17) is 11.6 Å². The Hall–Kier alpha value is -2.15. The average Bonchev–Trinajstić information content (AvgIpc) is 3.24. The van der Waals surface area contributed by atoms with Gasteiger partial charge in [0.2, 0.25) is 5.91 Å². The molecule has 1 atom stereocenters. The van der Waals surface area contributed by atoms with Crippen molar-refractivity contribution in [3.63, 3.8) is 0 Å². The SMILES string of the molecule is O=C(C1CCCc2nn(Cc3cccc(Cl)n3)c(=O)n21)N1CCCC1. The highest BCUT2D eigenvalue weighted by atomic mass is 35.5. The first kappa shape index (κ1) is 16.3. The predicted molar refractivity (Wildman–Crippen MR) is 92.6 cm³/mol. The van der Waals surface area contributed by atoms with Crippen molar-refractivity contribution in [2.24, 2.45) is 0 Å². The van der Waals surface area contributed by atoms with Crippen LogP contribution >= 0.6 is 11.6 Å². The van der Waals surface area contributed by atoms with Gasteiger partial charge >= 0.3 is 5.69 Å². The van der Waals surface area contributed by atoms with Gasteiger partial charge in [-0.3, -0.25) is 9.36 Å². The van der Waals surface area contributed by atoms with Crippen LogP contribution in [0.5, 0.6) is 0 Å². The van der Waals surface area contributed by atoms with E-state index >= 15 is 0 Å². The second-order valence-corrected chi connectivity index (χ2v) is 7.01. The number of likely N-dealkylation sites (tertiary alicyclic amines) is 1. The molecule has 1 unspecified atom stereocenters.